The molecular weight excluding hydrogens is 300 g/mol. The van der Waals surface area contributed by atoms with Crippen LogP contribution in [0.25, 0.3) is 0 Å². The molecule has 0 heterocycles. The highest BCUT2D eigenvalue weighted by atomic mass is 35.5. The van der Waals surface area contributed by atoms with Crippen LogP contribution in [0, 0.1) is 0 Å². The predicted molar refractivity (Wildman–Crippen MR) is 88.4 cm³/mol. The van der Waals surface area contributed by atoms with Crippen LogP contribution in [0.1, 0.15) is 11.1 Å². The van der Waals surface area contributed by atoms with Crippen LogP contribution >= 0.6 is 11.6 Å². The molecule has 0 atom stereocenters. The second-order valence-corrected chi connectivity index (χ2v) is 5.17. The monoisotopic (exact) mass is 318 g/mol. The summed E-state index contributed by atoms with van der Waals surface area (Å²) in [5, 5.41) is 6.26. The van der Waals surface area contributed by atoms with E-state index < -0.39 is 0 Å². The van der Waals surface area contributed by atoms with Gasteiger partial charge in [0.05, 0.1) is 7.11 Å². The van der Waals surface area contributed by atoms with Crippen LogP contribution in [0.15, 0.2) is 48.5 Å². The van der Waals surface area contributed by atoms with Crippen LogP contribution in [0.5, 0.6) is 5.75 Å². The van der Waals surface area contributed by atoms with E-state index in [0.717, 1.165) is 16.9 Å². The molecule has 0 spiro atoms. The standard InChI is InChI=1S/C17H19ClN2O2/c1-22-16-9-5-3-6-13(16)10-11-19-17(21)20-12-14-7-2-4-8-15(14)18/h2-9H,10-12H2,1H3,(H2,19,20,21). The minimum absolute atomic E-state index is 0.213. The van der Waals surface area contributed by atoms with Crippen LogP contribution in [0.2, 0.25) is 5.02 Å². The van der Waals surface area contributed by atoms with Crippen molar-refractivity contribution in [3.63, 3.8) is 0 Å². The zero-order valence-corrected chi connectivity index (χ0v) is 13.2. The predicted octanol–water partition coefficient (Wildman–Crippen LogP) is 3.39. The van der Waals surface area contributed by atoms with Gasteiger partial charge in [0.25, 0.3) is 0 Å². The fraction of sp³-hybridized carbons (Fsp3) is 0.235. The molecule has 2 amide bonds. The maximum Gasteiger partial charge on any atom is 0.315 e. The Kier molecular flexibility index (Phi) is 6.10. The quantitative estimate of drug-likeness (QED) is 0.857. The Balaban J connectivity index is 1.75. The number of halogens is 1. The van der Waals surface area contributed by atoms with E-state index in [9.17, 15) is 4.79 Å². The molecule has 0 aliphatic heterocycles. The molecule has 22 heavy (non-hydrogen) atoms. The minimum Gasteiger partial charge on any atom is -0.496 e. The molecule has 2 N–H and O–H groups in total. The third-order valence-electron chi connectivity index (χ3n) is 3.27. The van der Waals surface area contributed by atoms with Crippen molar-refractivity contribution in [2.24, 2.45) is 0 Å². The van der Waals surface area contributed by atoms with Crippen LogP contribution in [0.3, 0.4) is 0 Å². The minimum atomic E-state index is -0.213. The molecule has 0 fully saturated rings. The lowest BCUT2D eigenvalue weighted by atomic mass is 10.1. The van der Waals surface area contributed by atoms with E-state index in [4.69, 9.17) is 16.3 Å². The van der Waals surface area contributed by atoms with Gasteiger partial charge in [-0.1, -0.05) is 48.0 Å². The lowest BCUT2D eigenvalue weighted by Gasteiger charge is -2.10. The fourth-order valence-electron chi connectivity index (χ4n) is 2.10. The van der Waals surface area contributed by atoms with Crippen molar-refractivity contribution in [1.82, 2.24) is 10.6 Å². The van der Waals surface area contributed by atoms with Gasteiger partial charge in [0.2, 0.25) is 0 Å². The number of amides is 2. The van der Waals surface area contributed by atoms with Crippen LogP contribution in [-0.2, 0) is 13.0 Å². The van der Waals surface area contributed by atoms with E-state index in [1.165, 1.54) is 0 Å². The molecule has 4 nitrogen and oxygen atoms in total. The summed E-state index contributed by atoms with van der Waals surface area (Å²) in [5.41, 5.74) is 1.96. The molecule has 2 rings (SSSR count). The Labute approximate surface area is 135 Å². The Morgan fingerprint density at radius 1 is 1.05 bits per heavy atom. The van der Waals surface area contributed by atoms with Gasteiger partial charge < -0.3 is 15.4 Å². The Hall–Kier alpha value is -2.20. The van der Waals surface area contributed by atoms with E-state index in [1.807, 2.05) is 42.5 Å². The van der Waals surface area contributed by atoms with Gasteiger partial charge in [0.1, 0.15) is 5.75 Å². The van der Waals surface area contributed by atoms with E-state index >= 15 is 0 Å². The number of hydrogen-bond donors (Lipinski definition) is 2. The van der Waals surface area contributed by atoms with Crippen LogP contribution < -0.4 is 15.4 Å². The highest BCUT2D eigenvalue weighted by Gasteiger charge is 2.04. The topological polar surface area (TPSA) is 50.4 Å². The first kappa shape index (κ1) is 16.2. The van der Waals surface area contributed by atoms with Crippen molar-refractivity contribution >= 4 is 17.6 Å². The van der Waals surface area contributed by atoms with Gasteiger partial charge in [-0.05, 0) is 29.7 Å². The molecule has 0 aromatic heterocycles. The molecule has 2 aromatic carbocycles. The third kappa shape index (κ3) is 4.67. The average Bonchev–Trinajstić information content (AvgIpc) is 2.54. The summed E-state index contributed by atoms with van der Waals surface area (Å²) in [4.78, 5) is 11.8. The lowest BCUT2D eigenvalue weighted by molar-refractivity contribution is 0.240. The van der Waals surface area contributed by atoms with Crippen molar-refractivity contribution < 1.29 is 9.53 Å². The number of benzene rings is 2. The first-order chi connectivity index (χ1) is 10.7. The van der Waals surface area contributed by atoms with E-state index in [2.05, 4.69) is 10.6 Å². The molecule has 0 aliphatic rings. The van der Waals surface area contributed by atoms with Crippen LogP contribution in [0.4, 0.5) is 4.79 Å². The number of rotatable bonds is 6. The Bertz CT molecular complexity index is 632. The van der Waals surface area contributed by atoms with E-state index in [1.54, 1.807) is 13.2 Å². The number of urea groups is 1. The number of nitrogens with one attached hydrogen (secondary N) is 2. The maximum atomic E-state index is 11.8. The van der Waals surface area contributed by atoms with Crippen molar-refractivity contribution in [2.75, 3.05) is 13.7 Å². The third-order valence-corrected chi connectivity index (χ3v) is 3.64. The first-order valence-corrected chi connectivity index (χ1v) is 7.45. The van der Waals surface area contributed by atoms with Gasteiger partial charge in [-0.2, -0.15) is 0 Å². The molecule has 0 aliphatic carbocycles. The van der Waals surface area contributed by atoms with Gasteiger partial charge in [0, 0.05) is 18.1 Å². The van der Waals surface area contributed by atoms with Crippen molar-refractivity contribution in [2.45, 2.75) is 13.0 Å². The van der Waals surface area contributed by atoms with Crippen molar-refractivity contribution in [3.05, 3.63) is 64.7 Å². The number of hydrogen-bond acceptors (Lipinski definition) is 2. The van der Waals surface area contributed by atoms with Crippen molar-refractivity contribution in [3.8, 4) is 5.75 Å². The largest absolute Gasteiger partial charge is 0.496 e. The summed E-state index contributed by atoms with van der Waals surface area (Å²) in [6.07, 6.45) is 0.712. The van der Waals surface area contributed by atoms with Gasteiger partial charge in [-0.15, -0.1) is 0 Å². The highest BCUT2D eigenvalue weighted by Crippen LogP contribution is 2.17. The Morgan fingerprint density at radius 2 is 1.73 bits per heavy atom. The highest BCUT2D eigenvalue weighted by molar-refractivity contribution is 6.31. The number of ether oxygens (including phenoxy) is 1. The number of methoxy groups -OCH3 is 1. The molecule has 0 unspecified atom stereocenters. The maximum absolute atomic E-state index is 11.8. The zero-order chi connectivity index (χ0) is 15.8. The molecule has 0 radical (unpaired) electrons. The van der Waals surface area contributed by atoms with E-state index in [-0.39, 0.29) is 6.03 Å². The van der Waals surface area contributed by atoms with Crippen LogP contribution in [-0.4, -0.2) is 19.7 Å². The summed E-state index contributed by atoms with van der Waals surface area (Å²) in [6, 6.07) is 15.0. The summed E-state index contributed by atoms with van der Waals surface area (Å²) >= 11 is 6.04. The normalized spacial score (nSPS) is 10.1. The summed E-state index contributed by atoms with van der Waals surface area (Å²) in [6.45, 7) is 0.939. The van der Waals surface area contributed by atoms with Gasteiger partial charge >= 0.3 is 6.03 Å². The zero-order valence-electron chi connectivity index (χ0n) is 12.4. The second kappa shape index (κ2) is 8.29. The summed E-state index contributed by atoms with van der Waals surface area (Å²) in [7, 11) is 1.64. The molecular formula is C17H19ClN2O2. The molecule has 5 heteroatoms. The first-order valence-electron chi connectivity index (χ1n) is 7.07. The molecule has 0 bridgehead atoms. The number of carbonyl (C=O) groups is 1. The SMILES string of the molecule is COc1ccccc1CCNC(=O)NCc1ccccc1Cl. The van der Waals surface area contributed by atoms with Crippen molar-refractivity contribution in [1.29, 1.82) is 0 Å². The van der Waals surface area contributed by atoms with Gasteiger partial charge in [-0.25, -0.2) is 4.79 Å². The molecule has 0 saturated carbocycles. The summed E-state index contributed by atoms with van der Waals surface area (Å²) in [5.74, 6) is 0.834. The molecule has 116 valence electrons. The summed E-state index contributed by atoms with van der Waals surface area (Å²) < 4.78 is 5.28. The van der Waals surface area contributed by atoms with Gasteiger partial charge in [0.15, 0.2) is 0 Å². The number of para-hydroxylation sites is 1. The molecule has 0 saturated heterocycles. The Morgan fingerprint density at radius 3 is 2.45 bits per heavy atom. The second-order valence-electron chi connectivity index (χ2n) is 4.76. The smallest absolute Gasteiger partial charge is 0.315 e. The van der Waals surface area contributed by atoms with Gasteiger partial charge in [-0.3, -0.25) is 0 Å². The average molecular weight is 319 g/mol. The lowest BCUT2D eigenvalue weighted by Crippen LogP contribution is -2.36. The fourth-order valence-corrected chi connectivity index (χ4v) is 2.30. The number of carbonyl (C=O) groups excluding carboxylic acids is 1. The molecule has 2 aromatic rings. The van der Waals surface area contributed by atoms with E-state index in [0.29, 0.717) is 24.5 Å².